The molecule has 3 nitrogen and oxygen atoms in total. The number of hydrogen-bond acceptors (Lipinski definition) is 4. The Morgan fingerprint density at radius 2 is 2.33 bits per heavy atom. The predicted molar refractivity (Wildman–Crippen MR) is 64.6 cm³/mol. The summed E-state index contributed by atoms with van der Waals surface area (Å²) < 4.78 is 0. The highest BCUT2D eigenvalue weighted by atomic mass is 35.5. The first-order valence-electron chi connectivity index (χ1n) is 5.34. The molecule has 0 bridgehead atoms. The highest BCUT2D eigenvalue weighted by Gasteiger charge is 2.33. The summed E-state index contributed by atoms with van der Waals surface area (Å²) in [5.41, 5.74) is 1.79. The van der Waals surface area contributed by atoms with Gasteiger partial charge in [-0.15, -0.1) is 21.8 Å². The number of hydrogen-bond donors (Lipinski definition) is 1. The van der Waals surface area contributed by atoms with E-state index in [-0.39, 0.29) is 5.54 Å². The van der Waals surface area contributed by atoms with E-state index in [0.29, 0.717) is 5.88 Å². The van der Waals surface area contributed by atoms with Crippen molar-refractivity contribution < 1.29 is 0 Å². The first kappa shape index (κ1) is 11.1. The molecule has 5 heteroatoms. The van der Waals surface area contributed by atoms with Gasteiger partial charge in [-0.25, -0.2) is 0 Å². The maximum absolute atomic E-state index is 6.10. The Labute approximate surface area is 99.2 Å². The Morgan fingerprint density at radius 3 is 2.87 bits per heavy atom. The topological polar surface area (TPSA) is 37.8 Å². The van der Waals surface area contributed by atoms with Crippen LogP contribution in [-0.4, -0.2) is 21.6 Å². The molecule has 0 radical (unpaired) electrons. The summed E-state index contributed by atoms with van der Waals surface area (Å²) in [5, 5.41) is 12.2. The molecule has 0 saturated heterocycles. The molecular formula is C10H16ClN3S. The number of rotatable bonds is 3. The van der Waals surface area contributed by atoms with Crippen LogP contribution in [0.2, 0.25) is 0 Å². The predicted octanol–water partition coefficient (Wildman–Crippen LogP) is 3.14. The van der Waals surface area contributed by atoms with Crippen LogP contribution in [0.4, 0.5) is 5.13 Å². The molecule has 2 rings (SSSR count). The van der Waals surface area contributed by atoms with Crippen molar-refractivity contribution in [3.63, 3.8) is 0 Å². The SMILES string of the molecule is CC1CCC(CCl)(Nc2nncs2)CC1. The molecule has 1 aromatic heterocycles. The van der Waals surface area contributed by atoms with E-state index in [1.807, 2.05) is 0 Å². The third-order valence-corrected chi connectivity index (χ3v) is 4.34. The Hall–Kier alpha value is -0.350. The van der Waals surface area contributed by atoms with Crippen molar-refractivity contribution in [2.75, 3.05) is 11.2 Å². The maximum Gasteiger partial charge on any atom is 0.205 e. The number of aromatic nitrogens is 2. The maximum atomic E-state index is 6.10. The van der Waals surface area contributed by atoms with Crippen LogP contribution >= 0.6 is 22.9 Å². The molecule has 1 N–H and O–H groups in total. The lowest BCUT2D eigenvalue weighted by Gasteiger charge is -2.38. The van der Waals surface area contributed by atoms with Gasteiger partial charge in [0.25, 0.3) is 0 Å². The number of halogens is 1. The molecule has 1 saturated carbocycles. The monoisotopic (exact) mass is 245 g/mol. The molecule has 0 amide bonds. The van der Waals surface area contributed by atoms with Crippen molar-refractivity contribution >= 4 is 28.1 Å². The summed E-state index contributed by atoms with van der Waals surface area (Å²) in [6.45, 7) is 2.31. The van der Waals surface area contributed by atoms with Crippen LogP contribution in [0.15, 0.2) is 5.51 Å². The van der Waals surface area contributed by atoms with Gasteiger partial charge >= 0.3 is 0 Å². The van der Waals surface area contributed by atoms with Gasteiger partial charge in [-0.3, -0.25) is 0 Å². The van der Waals surface area contributed by atoms with Gasteiger partial charge in [0.1, 0.15) is 5.51 Å². The van der Waals surface area contributed by atoms with Gasteiger partial charge in [-0.1, -0.05) is 18.3 Å². The van der Waals surface area contributed by atoms with Crippen molar-refractivity contribution in [3.05, 3.63) is 5.51 Å². The zero-order valence-electron chi connectivity index (χ0n) is 8.87. The molecule has 1 fully saturated rings. The second-order valence-corrected chi connectivity index (χ2v) is 5.57. The molecule has 0 atom stereocenters. The average Bonchev–Trinajstić information content (AvgIpc) is 2.75. The minimum atomic E-state index is 0.0492. The molecule has 1 heterocycles. The van der Waals surface area contributed by atoms with E-state index in [0.717, 1.165) is 23.9 Å². The van der Waals surface area contributed by atoms with Gasteiger partial charge < -0.3 is 5.32 Å². The van der Waals surface area contributed by atoms with Gasteiger partial charge in [0.05, 0.1) is 5.54 Å². The van der Waals surface area contributed by atoms with E-state index < -0.39 is 0 Å². The lowest BCUT2D eigenvalue weighted by atomic mass is 9.78. The molecule has 0 spiro atoms. The Bertz CT molecular complexity index is 294. The first-order chi connectivity index (χ1) is 7.24. The van der Waals surface area contributed by atoms with E-state index in [4.69, 9.17) is 11.6 Å². The smallest absolute Gasteiger partial charge is 0.205 e. The lowest BCUT2D eigenvalue weighted by molar-refractivity contribution is 0.287. The van der Waals surface area contributed by atoms with Gasteiger partial charge in [0.15, 0.2) is 0 Å². The average molecular weight is 246 g/mol. The van der Waals surface area contributed by atoms with Crippen LogP contribution in [0.5, 0.6) is 0 Å². The summed E-state index contributed by atoms with van der Waals surface area (Å²) in [7, 11) is 0. The zero-order chi connectivity index (χ0) is 10.7. The summed E-state index contributed by atoms with van der Waals surface area (Å²) in [5.74, 6) is 1.48. The quantitative estimate of drug-likeness (QED) is 0.832. The molecule has 1 aromatic rings. The molecule has 1 aliphatic carbocycles. The third kappa shape index (κ3) is 2.61. The fourth-order valence-electron chi connectivity index (χ4n) is 2.06. The third-order valence-electron chi connectivity index (χ3n) is 3.22. The summed E-state index contributed by atoms with van der Waals surface area (Å²) in [4.78, 5) is 0. The Morgan fingerprint density at radius 1 is 1.60 bits per heavy atom. The lowest BCUT2D eigenvalue weighted by Crippen LogP contribution is -2.43. The first-order valence-corrected chi connectivity index (χ1v) is 6.76. The molecule has 1 aliphatic rings. The van der Waals surface area contributed by atoms with Crippen LogP contribution in [0.1, 0.15) is 32.6 Å². The van der Waals surface area contributed by atoms with Crippen molar-refractivity contribution in [2.45, 2.75) is 38.1 Å². The van der Waals surface area contributed by atoms with Crippen molar-refractivity contribution in [1.29, 1.82) is 0 Å². The van der Waals surface area contributed by atoms with Crippen LogP contribution in [0.25, 0.3) is 0 Å². The minimum absolute atomic E-state index is 0.0492. The number of nitrogens with zero attached hydrogens (tertiary/aromatic N) is 2. The van der Waals surface area contributed by atoms with Crippen molar-refractivity contribution in [3.8, 4) is 0 Å². The number of nitrogens with one attached hydrogen (secondary N) is 1. The second-order valence-electron chi connectivity index (χ2n) is 4.47. The second kappa shape index (κ2) is 4.66. The standard InChI is InChI=1S/C10H16ClN3S/c1-8-2-4-10(6-11,5-3-8)13-9-14-12-7-15-9/h7-8H,2-6H2,1H3,(H,13,14). The minimum Gasteiger partial charge on any atom is -0.353 e. The van der Waals surface area contributed by atoms with Crippen LogP contribution < -0.4 is 5.32 Å². The van der Waals surface area contributed by atoms with E-state index in [1.54, 1.807) is 5.51 Å². The summed E-state index contributed by atoms with van der Waals surface area (Å²) >= 11 is 7.63. The fourth-order valence-corrected chi connectivity index (χ4v) is 2.96. The largest absolute Gasteiger partial charge is 0.353 e. The molecule has 0 unspecified atom stereocenters. The highest BCUT2D eigenvalue weighted by molar-refractivity contribution is 7.13. The van der Waals surface area contributed by atoms with Gasteiger partial charge in [0.2, 0.25) is 5.13 Å². The van der Waals surface area contributed by atoms with Crippen LogP contribution in [0, 0.1) is 5.92 Å². The van der Waals surface area contributed by atoms with E-state index >= 15 is 0 Å². The molecule has 84 valence electrons. The van der Waals surface area contributed by atoms with Crippen LogP contribution in [0.3, 0.4) is 0 Å². The van der Waals surface area contributed by atoms with Gasteiger partial charge in [0, 0.05) is 5.88 Å². The molecule has 0 aromatic carbocycles. The van der Waals surface area contributed by atoms with Gasteiger partial charge in [-0.05, 0) is 31.6 Å². The molecule has 0 aliphatic heterocycles. The summed E-state index contributed by atoms with van der Waals surface area (Å²) in [6, 6.07) is 0. The summed E-state index contributed by atoms with van der Waals surface area (Å²) in [6.07, 6.45) is 4.77. The van der Waals surface area contributed by atoms with Crippen molar-refractivity contribution in [2.24, 2.45) is 5.92 Å². The Kier molecular flexibility index (Phi) is 3.46. The Balaban J connectivity index is 2.02. The van der Waals surface area contributed by atoms with Crippen LogP contribution in [-0.2, 0) is 0 Å². The number of anilines is 1. The number of alkyl halides is 1. The fraction of sp³-hybridized carbons (Fsp3) is 0.800. The normalized spacial score (nSPS) is 31.5. The molecular weight excluding hydrogens is 230 g/mol. The van der Waals surface area contributed by atoms with E-state index in [9.17, 15) is 0 Å². The van der Waals surface area contributed by atoms with Crippen molar-refractivity contribution in [1.82, 2.24) is 10.2 Å². The highest BCUT2D eigenvalue weighted by Crippen LogP contribution is 2.35. The zero-order valence-corrected chi connectivity index (χ0v) is 10.4. The molecule has 15 heavy (non-hydrogen) atoms. The van der Waals surface area contributed by atoms with Gasteiger partial charge in [-0.2, -0.15) is 0 Å². The van der Waals surface area contributed by atoms with E-state index in [2.05, 4.69) is 22.4 Å². The van der Waals surface area contributed by atoms with E-state index in [1.165, 1.54) is 24.2 Å².